The third kappa shape index (κ3) is 2.36. The first kappa shape index (κ1) is 11.8. The Morgan fingerprint density at radius 3 is 2.59 bits per heavy atom. The van der Waals surface area contributed by atoms with Gasteiger partial charge in [-0.3, -0.25) is 4.68 Å². The Kier molecular flexibility index (Phi) is 3.24. The van der Waals surface area contributed by atoms with Crippen LogP contribution in [-0.2, 0) is 13.5 Å². The van der Waals surface area contributed by atoms with E-state index >= 15 is 0 Å². The number of benzene rings is 1. The molecule has 0 aliphatic rings. The summed E-state index contributed by atoms with van der Waals surface area (Å²) in [5, 5.41) is 14.5. The highest BCUT2D eigenvalue weighted by Gasteiger charge is 2.16. The van der Waals surface area contributed by atoms with Gasteiger partial charge in [0, 0.05) is 18.8 Å². The van der Waals surface area contributed by atoms with Crippen LogP contribution in [0, 0.1) is 5.82 Å². The molecule has 1 atom stereocenters. The van der Waals surface area contributed by atoms with Gasteiger partial charge in [-0.2, -0.15) is 5.10 Å². The lowest BCUT2D eigenvalue weighted by molar-refractivity contribution is 0.219. The number of aliphatic hydroxyl groups is 1. The molecule has 0 fully saturated rings. The van der Waals surface area contributed by atoms with Gasteiger partial charge >= 0.3 is 0 Å². The van der Waals surface area contributed by atoms with Crippen molar-refractivity contribution in [3.63, 3.8) is 0 Å². The first-order chi connectivity index (χ1) is 8.11. The van der Waals surface area contributed by atoms with Gasteiger partial charge in [0.1, 0.15) is 11.9 Å². The molecule has 0 bridgehead atoms. The molecule has 0 saturated heterocycles. The molecule has 0 radical (unpaired) electrons. The van der Waals surface area contributed by atoms with Crippen LogP contribution in [0.1, 0.15) is 29.8 Å². The predicted octanol–water partition coefficient (Wildman–Crippen LogP) is 2.20. The summed E-state index contributed by atoms with van der Waals surface area (Å²) < 4.78 is 14.5. The van der Waals surface area contributed by atoms with Crippen LogP contribution >= 0.6 is 0 Å². The molecule has 0 aliphatic heterocycles. The fourth-order valence-corrected chi connectivity index (χ4v) is 1.88. The van der Waals surface area contributed by atoms with Crippen molar-refractivity contribution in [1.82, 2.24) is 9.78 Å². The van der Waals surface area contributed by atoms with E-state index < -0.39 is 6.10 Å². The number of aryl methyl sites for hydroxylation is 2. The van der Waals surface area contributed by atoms with Crippen molar-refractivity contribution in [1.29, 1.82) is 0 Å². The zero-order valence-electron chi connectivity index (χ0n) is 9.89. The predicted molar refractivity (Wildman–Crippen MR) is 63.0 cm³/mol. The summed E-state index contributed by atoms with van der Waals surface area (Å²) in [6.07, 6.45) is 1.81. The van der Waals surface area contributed by atoms with Gasteiger partial charge in [-0.05, 0) is 24.1 Å². The average molecular weight is 234 g/mol. The topological polar surface area (TPSA) is 38.0 Å². The Labute approximate surface area is 99.5 Å². The highest BCUT2D eigenvalue weighted by Crippen LogP contribution is 2.24. The van der Waals surface area contributed by atoms with Crippen LogP contribution in [-0.4, -0.2) is 14.9 Å². The standard InChI is InChI=1S/C13H15FN2O/c1-3-12-11(8-16(2)15-12)13(17)9-4-6-10(14)7-5-9/h4-8,13,17H,3H2,1-2H3. The Hall–Kier alpha value is -1.68. The van der Waals surface area contributed by atoms with Crippen LogP contribution in [0.25, 0.3) is 0 Å². The highest BCUT2D eigenvalue weighted by atomic mass is 19.1. The van der Waals surface area contributed by atoms with Crippen molar-refractivity contribution in [3.05, 3.63) is 53.1 Å². The molecule has 17 heavy (non-hydrogen) atoms. The molecule has 90 valence electrons. The van der Waals surface area contributed by atoms with Gasteiger partial charge in [-0.25, -0.2) is 4.39 Å². The maximum atomic E-state index is 12.8. The molecule has 2 aromatic rings. The molecule has 1 aromatic carbocycles. The summed E-state index contributed by atoms with van der Waals surface area (Å²) in [5.41, 5.74) is 2.32. The third-order valence-electron chi connectivity index (χ3n) is 2.75. The summed E-state index contributed by atoms with van der Waals surface area (Å²) in [5.74, 6) is -0.303. The van der Waals surface area contributed by atoms with Crippen molar-refractivity contribution in [2.45, 2.75) is 19.4 Å². The molecule has 0 aliphatic carbocycles. The van der Waals surface area contributed by atoms with Gasteiger partial charge in [-0.1, -0.05) is 19.1 Å². The average Bonchev–Trinajstić information content (AvgIpc) is 2.70. The van der Waals surface area contributed by atoms with Crippen LogP contribution in [0.5, 0.6) is 0 Å². The SMILES string of the molecule is CCc1nn(C)cc1C(O)c1ccc(F)cc1. The summed E-state index contributed by atoms with van der Waals surface area (Å²) >= 11 is 0. The Bertz CT molecular complexity index is 505. The fourth-order valence-electron chi connectivity index (χ4n) is 1.88. The minimum atomic E-state index is -0.751. The molecule has 1 unspecified atom stereocenters. The number of aliphatic hydroxyl groups excluding tert-OH is 1. The molecular weight excluding hydrogens is 219 g/mol. The lowest BCUT2D eigenvalue weighted by Gasteiger charge is -2.10. The molecular formula is C13H15FN2O. The molecule has 0 amide bonds. The van der Waals surface area contributed by atoms with Gasteiger partial charge < -0.3 is 5.11 Å². The normalized spacial score (nSPS) is 12.7. The number of halogens is 1. The number of hydrogen-bond donors (Lipinski definition) is 1. The van der Waals surface area contributed by atoms with E-state index in [1.807, 2.05) is 14.0 Å². The van der Waals surface area contributed by atoms with Crippen LogP contribution in [0.15, 0.2) is 30.5 Å². The zero-order valence-corrected chi connectivity index (χ0v) is 9.89. The van der Waals surface area contributed by atoms with Crippen molar-refractivity contribution in [3.8, 4) is 0 Å². The first-order valence-electron chi connectivity index (χ1n) is 5.57. The molecule has 0 spiro atoms. The van der Waals surface area contributed by atoms with E-state index in [-0.39, 0.29) is 5.82 Å². The molecule has 3 nitrogen and oxygen atoms in total. The van der Waals surface area contributed by atoms with Crippen molar-refractivity contribution < 1.29 is 9.50 Å². The van der Waals surface area contributed by atoms with Crippen molar-refractivity contribution >= 4 is 0 Å². The molecule has 4 heteroatoms. The lowest BCUT2D eigenvalue weighted by Crippen LogP contribution is -2.01. The quantitative estimate of drug-likeness (QED) is 0.884. The molecule has 0 saturated carbocycles. The van der Waals surface area contributed by atoms with Gasteiger partial charge in [0.25, 0.3) is 0 Å². The van der Waals surface area contributed by atoms with E-state index in [1.54, 1.807) is 23.0 Å². The summed E-state index contributed by atoms with van der Waals surface area (Å²) in [4.78, 5) is 0. The van der Waals surface area contributed by atoms with Gasteiger partial charge in [-0.15, -0.1) is 0 Å². The minimum Gasteiger partial charge on any atom is -0.384 e. The fraction of sp³-hybridized carbons (Fsp3) is 0.308. The highest BCUT2D eigenvalue weighted by molar-refractivity contribution is 5.31. The Balaban J connectivity index is 2.35. The van der Waals surface area contributed by atoms with E-state index in [0.29, 0.717) is 5.56 Å². The number of rotatable bonds is 3. The Morgan fingerprint density at radius 2 is 2.00 bits per heavy atom. The number of hydrogen-bond acceptors (Lipinski definition) is 2. The zero-order chi connectivity index (χ0) is 12.4. The second-order valence-electron chi connectivity index (χ2n) is 4.01. The van der Waals surface area contributed by atoms with Crippen LogP contribution in [0.3, 0.4) is 0 Å². The second kappa shape index (κ2) is 4.67. The molecule has 1 heterocycles. The Morgan fingerprint density at radius 1 is 1.35 bits per heavy atom. The monoisotopic (exact) mass is 234 g/mol. The van der Waals surface area contributed by atoms with Gasteiger partial charge in [0.15, 0.2) is 0 Å². The second-order valence-corrected chi connectivity index (χ2v) is 4.01. The molecule has 1 N–H and O–H groups in total. The minimum absolute atomic E-state index is 0.303. The van der Waals surface area contributed by atoms with Gasteiger partial charge in [0.05, 0.1) is 5.69 Å². The van der Waals surface area contributed by atoms with Crippen molar-refractivity contribution in [2.75, 3.05) is 0 Å². The van der Waals surface area contributed by atoms with Crippen molar-refractivity contribution in [2.24, 2.45) is 7.05 Å². The summed E-state index contributed by atoms with van der Waals surface area (Å²) in [6, 6.07) is 5.87. The van der Waals surface area contributed by atoms with E-state index in [9.17, 15) is 9.50 Å². The van der Waals surface area contributed by atoms with E-state index in [0.717, 1.165) is 17.7 Å². The molecule has 1 aromatic heterocycles. The van der Waals surface area contributed by atoms with Crippen LogP contribution in [0.4, 0.5) is 4.39 Å². The molecule has 2 rings (SSSR count). The van der Waals surface area contributed by atoms with E-state index in [2.05, 4.69) is 5.10 Å². The lowest BCUT2D eigenvalue weighted by atomic mass is 10.0. The first-order valence-corrected chi connectivity index (χ1v) is 5.57. The third-order valence-corrected chi connectivity index (χ3v) is 2.75. The summed E-state index contributed by atoms with van der Waals surface area (Å²) in [6.45, 7) is 1.99. The number of aromatic nitrogens is 2. The van der Waals surface area contributed by atoms with Crippen LogP contribution in [0.2, 0.25) is 0 Å². The smallest absolute Gasteiger partial charge is 0.123 e. The largest absolute Gasteiger partial charge is 0.384 e. The number of nitrogens with zero attached hydrogens (tertiary/aromatic N) is 2. The maximum absolute atomic E-state index is 12.8. The summed E-state index contributed by atoms with van der Waals surface area (Å²) in [7, 11) is 1.82. The van der Waals surface area contributed by atoms with Gasteiger partial charge in [0.2, 0.25) is 0 Å². The maximum Gasteiger partial charge on any atom is 0.123 e. The van der Waals surface area contributed by atoms with Crippen LogP contribution < -0.4 is 0 Å². The van der Waals surface area contributed by atoms with E-state index in [4.69, 9.17) is 0 Å². The van der Waals surface area contributed by atoms with E-state index in [1.165, 1.54) is 12.1 Å².